The van der Waals surface area contributed by atoms with Crippen LogP contribution in [0.1, 0.15) is 17.3 Å². The fraction of sp³-hybridized carbons (Fsp3) is 0.429. The molecule has 1 aliphatic rings. The number of carboxylic acids is 1. The number of carbonyl (C=O) groups excluding carboxylic acids is 1. The molecule has 21 heavy (non-hydrogen) atoms. The van der Waals surface area contributed by atoms with Gasteiger partial charge in [-0.2, -0.15) is 0 Å². The summed E-state index contributed by atoms with van der Waals surface area (Å²) in [6.07, 6.45) is 0. The van der Waals surface area contributed by atoms with Crippen LogP contribution in [0, 0.1) is 5.92 Å². The molecule has 2 rings (SSSR count). The summed E-state index contributed by atoms with van der Waals surface area (Å²) in [5, 5.41) is 15.1. The summed E-state index contributed by atoms with van der Waals surface area (Å²) in [5.41, 5.74) is 0.365. The first-order chi connectivity index (χ1) is 10.0. The number of halogens is 1. The highest BCUT2D eigenvalue weighted by molar-refractivity contribution is 6.33. The van der Waals surface area contributed by atoms with Crippen LogP contribution in [0.5, 0.6) is 0 Å². The standard InChI is InChI=1S/C14H17ClN2O4/c1-2-16-12-7-21-6-10(12)13(18)17-8-3-4-11(15)9(5-8)14(19)20/h3-5,10,12,16H,2,6-7H2,1H3,(H,17,18)(H,19,20). The molecule has 1 fully saturated rings. The summed E-state index contributed by atoms with van der Waals surface area (Å²) in [4.78, 5) is 23.3. The highest BCUT2D eigenvalue weighted by Gasteiger charge is 2.33. The summed E-state index contributed by atoms with van der Waals surface area (Å²) in [6, 6.07) is 4.35. The zero-order valence-electron chi connectivity index (χ0n) is 11.6. The third kappa shape index (κ3) is 3.72. The van der Waals surface area contributed by atoms with Crippen molar-refractivity contribution in [2.24, 2.45) is 5.92 Å². The molecule has 2 atom stereocenters. The Labute approximate surface area is 127 Å². The minimum absolute atomic E-state index is 0.0266. The molecule has 0 aliphatic carbocycles. The molecule has 1 saturated heterocycles. The van der Waals surface area contributed by atoms with E-state index in [1.54, 1.807) is 6.07 Å². The molecule has 0 aromatic heterocycles. The van der Waals surface area contributed by atoms with Crippen LogP contribution in [-0.2, 0) is 9.53 Å². The van der Waals surface area contributed by atoms with Crippen molar-refractivity contribution < 1.29 is 19.4 Å². The number of amides is 1. The fourth-order valence-electron chi connectivity index (χ4n) is 2.28. The van der Waals surface area contributed by atoms with E-state index in [1.807, 2.05) is 6.92 Å². The molecule has 1 aliphatic heterocycles. The number of carbonyl (C=O) groups is 2. The molecule has 0 spiro atoms. The van der Waals surface area contributed by atoms with Crippen molar-refractivity contribution in [2.45, 2.75) is 13.0 Å². The first-order valence-electron chi connectivity index (χ1n) is 6.67. The molecular weight excluding hydrogens is 296 g/mol. The van der Waals surface area contributed by atoms with E-state index in [2.05, 4.69) is 10.6 Å². The third-order valence-electron chi connectivity index (χ3n) is 3.35. The van der Waals surface area contributed by atoms with Crippen molar-refractivity contribution in [3.63, 3.8) is 0 Å². The second-order valence-corrected chi connectivity index (χ2v) is 5.20. The van der Waals surface area contributed by atoms with Crippen LogP contribution in [-0.4, -0.2) is 42.8 Å². The second kappa shape index (κ2) is 6.89. The van der Waals surface area contributed by atoms with E-state index >= 15 is 0 Å². The van der Waals surface area contributed by atoms with Crippen LogP contribution in [0.25, 0.3) is 0 Å². The molecule has 6 nitrogen and oxygen atoms in total. The van der Waals surface area contributed by atoms with Gasteiger partial charge in [0.05, 0.1) is 29.7 Å². The lowest BCUT2D eigenvalue weighted by molar-refractivity contribution is -0.120. The number of ether oxygens (including phenoxy) is 1. The number of carboxylic acid groups (broad SMARTS) is 1. The molecule has 0 saturated carbocycles. The molecular formula is C14H17ClN2O4. The van der Waals surface area contributed by atoms with E-state index in [9.17, 15) is 9.59 Å². The number of aromatic carboxylic acids is 1. The van der Waals surface area contributed by atoms with E-state index in [4.69, 9.17) is 21.4 Å². The number of hydrogen-bond acceptors (Lipinski definition) is 4. The smallest absolute Gasteiger partial charge is 0.337 e. The van der Waals surface area contributed by atoms with Crippen LogP contribution in [0.4, 0.5) is 5.69 Å². The van der Waals surface area contributed by atoms with Crippen LogP contribution >= 0.6 is 11.6 Å². The van der Waals surface area contributed by atoms with Crippen LogP contribution in [0.2, 0.25) is 5.02 Å². The van der Waals surface area contributed by atoms with Crippen molar-refractivity contribution in [3.05, 3.63) is 28.8 Å². The maximum absolute atomic E-state index is 12.3. The Hall–Kier alpha value is -1.63. The molecule has 3 N–H and O–H groups in total. The number of hydrogen-bond donors (Lipinski definition) is 3. The third-order valence-corrected chi connectivity index (χ3v) is 3.68. The van der Waals surface area contributed by atoms with E-state index in [0.717, 1.165) is 6.54 Å². The summed E-state index contributed by atoms with van der Waals surface area (Å²) in [5.74, 6) is -1.63. The Morgan fingerprint density at radius 3 is 2.86 bits per heavy atom. The summed E-state index contributed by atoms with van der Waals surface area (Å²) >= 11 is 5.80. The van der Waals surface area contributed by atoms with Gasteiger partial charge in [-0.3, -0.25) is 4.79 Å². The van der Waals surface area contributed by atoms with Crippen molar-refractivity contribution in [1.82, 2.24) is 5.32 Å². The van der Waals surface area contributed by atoms with Gasteiger partial charge in [-0.15, -0.1) is 0 Å². The summed E-state index contributed by atoms with van der Waals surface area (Å²) in [6.45, 7) is 3.56. The van der Waals surface area contributed by atoms with Gasteiger partial charge in [0.15, 0.2) is 0 Å². The Morgan fingerprint density at radius 2 is 2.19 bits per heavy atom. The fourth-order valence-corrected chi connectivity index (χ4v) is 2.48. The average Bonchev–Trinajstić information content (AvgIpc) is 2.89. The highest BCUT2D eigenvalue weighted by Crippen LogP contribution is 2.22. The van der Waals surface area contributed by atoms with Crippen LogP contribution in [0.15, 0.2) is 18.2 Å². The van der Waals surface area contributed by atoms with Crippen molar-refractivity contribution in [3.8, 4) is 0 Å². The van der Waals surface area contributed by atoms with Gasteiger partial charge in [-0.25, -0.2) is 4.79 Å². The van der Waals surface area contributed by atoms with Gasteiger partial charge in [0, 0.05) is 11.7 Å². The van der Waals surface area contributed by atoms with Crippen LogP contribution in [0.3, 0.4) is 0 Å². The Bertz CT molecular complexity index is 550. The van der Waals surface area contributed by atoms with Crippen LogP contribution < -0.4 is 10.6 Å². The predicted molar refractivity (Wildman–Crippen MR) is 78.8 cm³/mol. The monoisotopic (exact) mass is 312 g/mol. The zero-order chi connectivity index (χ0) is 15.4. The lowest BCUT2D eigenvalue weighted by atomic mass is 10.0. The second-order valence-electron chi connectivity index (χ2n) is 4.80. The molecule has 1 amide bonds. The Kier molecular flexibility index (Phi) is 5.17. The molecule has 0 bridgehead atoms. The van der Waals surface area contributed by atoms with Gasteiger partial charge in [0.25, 0.3) is 0 Å². The molecule has 2 unspecified atom stereocenters. The van der Waals surface area contributed by atoms with Crippen molar-refractivity contribution >= 4 is 29.2 Å². The summed E-state index contributed by atoms with van der Waals surface area (Å²) < 4.78 is 5.32. The van der Waals surface area contributed by atoms with E-state index in [-0.39, 0.29) is 28.5 Å². The first kappa shape index (κ1) is 15.8. The Morgan fingerprint density at radius 1 is 1.43 bits per heavy atom. The zero-order valence-corrected chi connectivity index (χ0v) is 12.3. The lowest BCUT2D eigenvalue weighted by Crippen LogP contribution is -2.41. The van der Waals surface area contributed by atoms with E-state index in [0.29, 0.717) is 18.9 Å². The highest BCUT2D eigenvalue weighted by atomic mass is 35.5. The molecule has 1 aromatic rings. The molecule has 1 heterocycles. The van der Waals surface area contributed by atoms with Gasteiger partial charge in [0.2, 0.25) is 5.91 Å². The number of benzene rings is 1. The molecule has 0 radical (unpaired) electrons. The van der Waals surface area contributed by atoms with E-state index in [1.165, 1.54) is 12.1 Å². The maximum atomic E-state index is 12.3. The molecule has 1 aromatic carbocycles. The van der Waals surface area contributed by atoms with Gasteiger partial charge in [0.1, 0.15) is 0 Å². The quantitative estimate of drug-likeness (QED) is 0.768. The van der Waals surface area contributed by atoms with Gasteiger partial charge < -0.3 is 20.5 Å². The maximum Gasteiger partial charge on any atom is 0.337 e. The first-order valence-corrected chi connectivity index (χ1v) is 7.05. The average molecular weight is 313 g/mol. The van der Waals surface area contributed by atoms with Gasteiger partial charge in [-0.1, -0.05) is 18.5 Å². The number of nitrogens with one attached hydrogen (secondary N) is 2. The SMILES string of the molecule is CCNC1COCC1C(=O)Nc1ccc(Cl)c(C(=O)O)c1. The Balaban J connectivity index is 2.09. The topological polar surface area (TPSA) is 87.7 Å². The number of likely N-dealkylation sites (N-methyl/N-ethyl adjacent to an activating group) is 1. The predicted octanol–water partition coefficient (Wildman–Crippen LogP) is 1.60. The number of rotatable bonds is 5. The number of anilines is 1. The normalized spacial score (nSPS) is 21.2. The molecule has 7 heteroatoms. The van der Waals surface area contributed by atoms with E-state index < -0.39 is 5.97 Å². The van der Waals surface area contributed by atoms with Gasteiger partial charge in [-0.05, 0) is 24.7 Å². The minimum Gasteiger partial charge on any atom is -0.478 e. The summed E-state index contributed by atoms with van der Waals surface area (Å²) in [7, 11) is 0. The molecule has 114 valence electrons. The lowest BCUT2D eigenvalue weighted by Gasteiger charge is -2.18. The van der Waals surface area contributed by atoms with Crippen molar-refractivity contribution in [2.75, 3.05) is 25.1 Å². The van der Waals surface area contributed by atoms with Gasteiger partial charge >= 0.3 is 5.97 Å². The minimum atomic E-state index is -1.13. The largest absolute Gasteiger partial charge is 0.478 e. The van der Waals surface area contributed by atoms with Crippen molar-refractivity contribution in [1.29, 1.82) is 0 Å².